The van der Waals surface area contributed by atoms with E-state index in [0.29, 0.717) is 16.7 Å². The van der Waals surface area contributed by atoms with Crippen molar-refractivity contribution in [2.45, 2.75) is 25.8 Å². The number of anilines is 1. The van der Waals surface area contributed by atoms with Gasteiger partial charge in [0, 0.05) is 23.2 Å². The summed E-state index contributed by atoms with van der Waals surface area (Å²) in [7, 11) is 0. The van der Waals surface area contributed by atoms with Crippen molar-refractivity contribution >= 4 is 33.2 Å². The molecule has 1 fully saturated rings. The van der Waals surface area contributed by atoms with Gasteiger partial charge in [-0.3, -0.25) is 14.9 Å². The molecule has 1 aliphatic rings. The summed E-state index contributed by atoms with van der Waals surface area (Å²) in [5.41, 5.74) is 0.691. The molecule has 1 aliphatic heterocycles. The summed E-state index contributed by atoms with van der Waals surface area (Å²) in [6, 6.07) is 4.30. The molecule has 0 bridgehead atoms. The summed E-state index contributed by atoms with van der Waals surface area (Å²) >= 11 is 3.32. The number of hydrogen-bond donors (Lipinski definition) is 1. The molecule has 1 aromatic carbocycles. The van der Waals surface area contributed by atoms with Crippen molar-refractivity contribution in [2.24, 2.45) is 0 Å². The molecular weight excluding hydrogens is 326 g/mol. The number of non-ortho nitro benzene ring substituents is 1. The van der Waals surface area contributed by atoms with Crippen molar-refractivity contribution in [3.05, 3.63) is 32.8 Å². The summed E-state index contributed by atoms with van der Waals surface area (Å²) in [5.74, 6) is 0.0210. The van der Waals surface area contributed by atoms with Crippen molar-refractivity contribution in [1.29, 1.82) is 0 Å². The van der Waals surface area contributed by atoms with E-state index in [-0.39, 0.29) is 17.6 Å². The Bertz CT molecular complexity index is 534. The Balaban J connectivity index is 2.26. The van der Waals surface area contributed by atoms with E-state index in [9.17, 15) is 14.9 Å². The van der Waals surface area contributed by atoms with E-state index in [4.69, 9.17) is 0 Å². The molecular formula is C13H16BrN3O3. The molecule has 1 N–H and O–H groups in total. The first-order valence-electron chi connectivity index (χ1n) is 6.53. The van der Waals surface area contributed by atoms with Crippen molar-refractivity contribution < 1.29 is 9.72 Å². The van der Waals surface area contributed by atoms with E-state index in [2.05, 4.69) is 21.2 Å². The fourth-order valence-corrected chi connectivity index (χ4v) is 2.96. The van der Waals surface area contributed by atoms with Crippen LogP contribution in [0.1, 0.15) is 19.8 Å². The van der Waals surface area contributed by atoms with E-state index in [0.717, 1.165) is 19.4 Å². The van der Waals surface area contributed by atoms with Crippen molar-refractivity contribution in [1.82, 2.24) is 5.32 Å². The second-order valence-electron chi connectivity index (χ2n) is 4.64. The molecule has 0 radical (unpaired) electrons. The van der Waals surface area contributed by atoms with Gasteiger partial charge in [-0.25, -0.2) is 0 Å². The quantitative estimate of drug-likeness (QED) is 0.674. The molecule has 1 heterocycles. The van der Waals surface area contributed by atoms with Crippen molar-refractivity contribution in [2.75, 3.05) is 18.0 Å². The second kappa shape index (κ2) is 6.32. The molecule has 6 nitrogen and oxygen atoms in total. The minimum absolute atomic E-state index is 0.00770. The van der Waals surface area contributed by atoms with Gasteiger partial charge in [0.2, 0.25) is 5.91 Å². The third-order valence-electron chi connectivity index (χ3n) is 3.32. The van der Waals surface area contributed by atoms with Crippen molar-refractivity contribution in [3.8, 4) is 0 Å². The van der Waals surface area contributed by atoms with Crippen LogP contribution in [-0.2, 0) is 4.79 Å². The van der Waals surface area contributed by atoms with Crippen LogP contribution in [0.3, 0.4) is 0 Å². The van der Waals surface area contributed by atoms with Crippen LogP contribution >= 0.6 is 15.9 Å². The average molecular weight is 342 g/mol. The number of carbonyl (C=O) groups excluding carboxylic acids is 1. The SMILES string of the molecule is CCNC1CCCN(c2ccc([N+](=O)[O-])cc2Br)C1=O. The lowest BCUT2D eigenvalue weighted by molar-refractivity contribution is -0.384. The maximum absolute atomic E-state index is 12.4. The highest BCUT2D eigenvalue weighted by molar-refractivity contribution is 9.10. The van der Waals surface area contributed by atoms with Crippen LogP contribution in [0.15, 0.2) is 22.7 Å². The number of nitrogens with zero attached hydrogens (tertiary/aromatic N) is 2. The number of benzene rings is 1. The summed E-state index contributed by atoms with van der Waals surface area (Å²) in [6.45, 7) is 3.34. The Morgan fingerprint density at radius 1 is 1.55 bits per heavy atom. The molecule has 0 aliphatic carbocycles. The van der Waals surface area contributed by atoms with Gasteiger partial charge in [-0.15, -0.1) is 0 Å². The molecule has 108 valence electrons. The summed E-state index contributed by atoms with van der Waals surface area (Å²) in [5, 5.41) is 13.9. The number of nitro groups is 1. The number of carbonyl (C=O) groups is 1. The smallest absolute Gasteiger partial charge is 0.270 e. The fourth-order valence-electron chi connectivity index (χ4n) is 2.38. The summed E-state index contributed by atoms with van der Waals surface area (Å²) in [6.07, 6.45) is 1.74. The summed E-state index contributed by atoms with van der Waals surface area (Å²) in [4.78, 5) is 24.4. The second-order valence-corrected chi connectivity index (χ2v) is 5.49. The zero-order chi connectivity index (χ0) is 14.7. The predicted octanol–water partition coefficient (Wildman–Crippen LogP) is 2.46. The number of likely N-dealkylation sites (N-methyl/N-ethyl adjacent to an activating group) is 1. The minimum Gasteiger partial charge on any atom is -0.310 e. The van der Waals surface area contributed by atoms with Crippen LogP contribution in [0.4, 0.5) is 11.4 Å². The maximum atomic E-state index is 12.4. The van der Waals surface area contributed by atoms with Crippen LogP contribution in [0, 0.1) is 10.1 Å². The first kappa shape index (κ1) is 14.9. The number of hydrogen-bond acceptors (Lipinski definition) is 4. The highest BCUT2D eigenvalue weighted by Crippen LogP contribution is 2.32. The number of rotatable bonds is 4. The molecule has 0 spiro atoms. The Morgan fingerprint density at radius 2 is 2.30 bits per heavy atom. The molecule has 0 saturated carbocycles. The monoisotopic (exact) mass is 341 g/mol. The number of piperidine rings is 1. The van der Waals surface area contributed by atoms with E-state index < -0.39 is 4.92 Å². The van der Waals surface area contributed by atoms with Crippen LogP contribution < -0.4 is 10.2 Å². The van der Waals surface area contributed by atoms with Gasteiger partial charge in [-0.2, -0.15) is 0 Å². The fraction of sp³-hybridized carbons (Fsp3) is 0.462. The lowest BCUT2D eigenvalue weighted by Gasteiger charge is -2.33. The normalized spacial score (nSPS) is 19.2. The van der Waals surface area contributed by atoms with E-state index >= 15 is 0 Å². The Kier molecular flexibility index (Phi) is 4.72. The Morgan fingerprint density at radius 3 is 2.90 bits per heavy atom. The van der Waals surface area contributed by atoms with E-state index in [1.807, 2.05) is 6.92 Å². The summed E-state index contributed by atoms with van der Waals surface area (Å²) < 4.78 is 0.567. The third-order valence-corrected chi connectivity index (χ3v) is 3.96. The molecule has 2 rings (SSSR count). The number of halogens is 1. The molecule has 20 heavy (non-hydrogen) atoms. The average Bonchev–Trinajstić information content (AvgIpc) is 2.42. The standard InChI is InChI=1S/C13H16BrN3O3/c1-2-15-11-4-3-7-16(13(11)18)12-6-5-9(17(19)20)8-10(12)14/h5-6,8,11,15H,2-4,7H2,1H3. The lowest BCUT2D eigenvalue weighted by Crippen LogP contribution is -2.50. The van der Waals surface area contributed by atoms with E-state index in [1.165, 1.54) is 12.1 Å². The zero-order valence-electron chi connectivity index (χ0n) is 11.1. The highest BCUT2D eigenvalue weighted by Gasteiger charge is 2.30. The topological polar surface area (TPSA) is 75.5 Å². The maximum Gasteiger partial charge on any atom is 0.270 e. The molecule has 1 atom stereocenters. The molecule has 0 aromatic heterocycles. The minimum atomic E-state index is -0.450. The van der Waals surface area contributed by atoms with Crippen molar-refractivity contribution in [3.63, 3.8) is 0 Å². The Hall–Kier alpha value is -1.47. The van der Waals surface area contributed by atoms with Gasteiger partial charge < -0.3 is 10.2 Å². The number of nitro benzene ring substituents is 1. The van der Waals surface area contributed by atoms with Gasteiger partial charge in [0.25, 0.3) is 5.69 Å². The first-order chi connectivity index (χ1) is 9.54. The van der Waals surface area contributed by atoms with Crippen LogP contribution in [0.2, 0.25) is 0 Å². The Labute approximate surface area is 125 Å². The highest BCUT2D eigenvalue weighted by atomic mass is 79.9. The third kappa shape index (κ3) is 2.99. The molecule has 1 amide bonds. The van der Waals surface area contributed by atoms with Crippen LogP contribution in [0.25, 0.3) is 0 Å². The molecule has 7 heteroatoms. The van der Waals surface area contributed by atoms with Gasteiger partial charge >= 0.3 is 0 Å². The predicted molar refractivity (Wildman–Crippen MR) is 79.8 cm³/mol. The number of amides is 1. The largest absolute Gasteiger partial charge is 0.310 e. The lowest BCUT2D eigenvalue weighted by atomic mass is 10.0. The van der Waals surface area contributed by atoms with Gasteiger partial charge in [-0.05, 0) is 41.4 Å². The molecule has 1 aromatic rings. The van der Waals surface area contributed by atoms with Gasteiger partial charge in [0.05, 0.1) is 16.7 Å². The molecule has 1 unspecified atom stereocenters. The van der Waals surface area contributed by atoms with Gasteiger partial charge in [0.15, 0.2) is 0 Å². The van der Waals surface area contributed by atoms with Gasteiger partial charge in [0.1, 0.15) is 0 Å². The van der Waals surface area contributed by atoms with Crippen LogP contribution in [0.5, 0.6) is 0 Å². The van der Waals surface area contributed by atoms with Gasteiger partial charge in [-0.1, -0.05) is 6.92 Å². The molecule has 1 saturated heterocycles. The first-order valence-corrected chi connectivity index (χ1v) is 7.32. The zero-order valence-corrected chi connectivity index (χ0v) is 12.7. The number of nitrogens with one attached hydrogen (secondary N) is 1. The van der Waals surface area contributed by atoms with E-state index in [1.54, 1.807) is 11.0 Å². The van der Waals surface area contributed by atoms with Crippen LogP contribution in [-0.4, -0.2) is 30.0 Å².